The van der Waals surface area contributed by atoms with Gasteiger partial charge in [0.1, 0.15) is 54.0 Å². The SMILES string of the molecule is CCCC(C)C(=O)CC1C(O)CC(OC(C)C)(C(=O)O)OC1C(O)C(O)CO.CCCC(C)C(=O)CC1C(O)CC(OC(C)C)(C(=O)O)OC1C(O)C(O)CO.CCCC(C)C(=O)CC1OC(OC(C)C)(C(=O)O)CC(O)C1NC(C)=O.CCCC(C)C(=O)NCC(O)C(O)C1OC(OC(C)C)(C(=O)O)CC(O)C1NC(C)=O. The second-order valence-electron chi connectivity index (χ2n) is 31.2. The van der Waals surface area contributed by atoms with Gasteiger partial charge in [0.15, 0.2) is 0 Å². The van der Waals surface area contributed by atoms with Crippen molar-refractivity contribution in [3.05, 3.63) is 0 Å². The molecule has 26 atom stereocenters. The van der Waals surface area contributed by atoms with Crippen LogP contribution in [-0.2, 0) is 85.8 Å². The zero-order valence-corrected chi connectivity index (χ0v) is 68.7. The summed E-state index contributed by atoms with van der Waals surface area (Å²) in [6.07, 6.45) is -19.1. The van der Waals surface area contributed by atoms with E-state index in [0.29, 0.717) is 25.7 Å². The number of carbonyl (C=O) groups is 10. The van der Waals surface area contributed by atoms with Crippen LogP contribution in [0.5, 0.6) is 0 Å². The van der Waals surface area contributed by atoms with E-state index in [1.807, 2.05) is 27.7 Å². The molecule has 0 bridgehead atoms. The van der Waals surface area contributed by atoms with Crippen molar-refractivity contribution in [3.63, 3.8) is 0 Å². The maximum absolute atomic E-state index is 12.5. The smallest absolute Gasteiger partial charge is 0.364 e. The summed E-state index contributed by atoms with van der Waals surface area (Å²) >= 11 is 0. The quantitative estimate of drug-likeness (QED) is 0.0396. The summed E-state index contributed by atoms with van der Waals surface area (Å²) in [6, 6.07) is -2.09. The Morgan fingerprint density at radius 1 is 0.389 bits per heavy atom. The number of carboxylic acids is 4. The third kappa shape index (κ3) is 31.7. The average molecular weight is 1630 g/mol. The third-order valence-corrected chi connectivity index (χ3v) is 19.7. The number of aliphatic carboxylic acids is 4. The summed E-state index contributed by atoms with van der Waals surface area (Å²) in [5.74, 6) is -19.3. The van der Waals surface area contributed by atoms with E-state index in [4.69, 9.17) is 37.9 Å². The minimum atomic E-state index is -2.28. The summed E-state index contributed by atoms with van der Waals surface area (Å²) in [5.41, 5.74) is 0. The highest BCUT2D eigenvalue weighted by molar-refractivity contribution is 5.83. The molecule has 4 aliphatic rings. The maximum atomic E-state index is 12.5. The van der Waals surface area contributed by atoms with Crippen LogP contribution >= 0.6 is 0 Å². The predicted molar refractivity (Wildman–Crippen MR) is 399 cm³/mol. The Labute approximate surface area is 661 Å². The van der Waals surface area contributed by atoms with Crippen molar-refractivity contribution < 1.29 is 168 Å². The van der Waals surface area contributed by atoms with Gasteiger partial charge >= 0.3 is 23.9 Å². The molecule has 0 aliphatic carbocycles. The number of carboxylic acid groups (broad SMARTS) is 4. The van der Waals surface area contributed by atoms with Gasteiger partial charge in [-0.1, -0.05) is 81.1 Å². The van der Waals surface area contributed by atoms with E-state index in [-0.39, 0.29) is 79.2 Å². The monoisotopic (exact) mass is 1630 g/mol. The fraction of sp³-hybridized carbons (Fsp3) is 0.868. The molecular weight excluding hydrogens is 1500 g/mol. The van der Waals surface area contributed by atoms with E-state index < -0.39 is 225 Å². The molecule has 19 N–H and O–H groups in total. The number of aliphatic hydroxyl groups excluding tert-OH is 12. The number of ketones is 3. The Morgan fingerprint density at radius 3 is 0.965 bits per heavy atom. The Hall–Kier alpha value is -5.50. The first-order valence-corrected chi connectivity index (χ1v) is 39.1. The third-order valence-electron chi connectivity index (χ3n) is 19.7. The van der Waals surface area contributed by atoms with Crippen molar-refractivity contribution in [2.45, 2.75) is 366 Å². The number of ether oxygens (including phenoxy) is 8. The van der Waals surface area contributed by atoms with Crippen molar-refractivity contribution in [2.75, 3.05) is 19.8 Å². The highest BCUT2D eigenvalue weighted by Crippen LogP contribution is 2.43. The molecule has 0 aromatic heterocycles. The van der Waals surface area contributed by atoms with E-state index in [2.05, 4.69) is 16.0 Å². The largest absolute Gasteiger partial charge is 0.477 e. The highest BCUT2D eigenvalue weighted by atomic mass is 16.8. The highest BCUT2D eigenvalue weighted by Gasteiger charge is 2.60. The topological polar surface area (TPSA) is 604 Å². The van der Waals surface area contributed by atoms with Crippen molar-refractivity contribution in [1.29, 1.82) is 0 Å². The molecule has 0 aromatic rings. The number of Topliss-reactive ketones (excluding diaryl/α,β-unsaturated/α-hetero) is 3. The van der Waals surface area contributed by atoms with E-state index in [1.54, 1.807) is 83.1 Å². The predicted octanol–water partition coefficient (Wildman–Crippen LogP) is 0.499. The number of aliphatic hydroxyl groups is 12. The normalized spacial score (nSPS) is 30.5. The molecule has 37 nitrogen and oxygen atoms in total. The fourth-order valence-electron chi connectivity index (χ4n) is 14.0. The summed E-state index contributed by atoms with van der Waals surface area (Å²) in [5, 5.41) is 169. The van der Waals surface area contributed by atoms with Crippen LogP contribution in [-0.4, -0.2) is 306 Å². The Balaban J connectivity index is 0.000000755. The molecule has 0 saturated carbocycles. The zero-order valence-electron chi connectivity index (χ0n) is 68.7. The molecule has 4 fully saturated rings. The summed E-state index contributed by atoms with van der Waals surface area (Å²) in [4.78, 5) is 120. The molecule has 113 heavy (non-hydrogen) atoms. The molecule has 4 aliphatic heterocycles. The lowest BCUT2D eigenvalue weighted by molar-refractivity contribution is -0.327. The number of hydrogen-bond donors (Lipinski definition) is 19. The van der Waals surface area contributed by atoms with E-state index in [0.717, 1.165) is 25.7 Å². The first kappa shape index (κ1) is 106. The minimum absolute atomic E-state index is 0.106. The first-order chi connectivity index (χ1) is 52.3. The summed E-state index contributed by atoms with van der Waals surface area (Å²) in [7, 11) is 0. The summed E-state index contributed by atoms with van der Waals surface area (Å²) in [6.45, 7) is 28.2. The molecule has 0 aromatic carbocycles. The van der Waals surface area contributed by atoms with Crippen molar-refractivity contribution >= 4 is 58.9 Å². The zero-order chi connectivity index (χ0) is 87.3. The molecule has 3 amide bonds. The molecule has 4 rings (SSSR count). The van der Waals surface area contributed by atoms with Gasteiger partial charge in [0, 0.05) is 101 Å². The lowest BCUT2D eigenvalue weighted by atomic mass is 9.78. The lowest BCUT2D eigenvalue weighted by Gasteiger charge is -2.47. The van der Waals surface area contributed by atoms with Crippen LogP contribution in [0.25, 0.3) is 0 Å². The van der Waals surface area contributed by atoms with E-state index in [1.165, 1.54) is 13.8 Å². The van der Waals surface area contributed by atoms with Crippen molar-refractivity contribution in [2.24, 2.45) is 35.5 Å². The Bertz CT molecular complexity index is 2870. The number of hydrogen-bond acceptors (Lipinski definition) is 30. The first-order valence-electron chi connectivity index (χ1n) is 39.1. The molecule has 26 unspecified atom stereocenters. The van der Waals surface area contributed by atoms with Crippen molar-refractivity contribution in [3.8, 4) is 0 Å². The van der Waals surface area contributed by atoms with Crippen LogP contribution in [0.3, 0.4) is 0 Å². The van der Waals surface area contributed by atoms with Crippen molar-refractivity contribution in [1.82, 2.24) is 16.0 Å². The van der Waals surface area contributed by atoms with Gasteiger partial charge in [0.2, 0.25) is 17.7 Å². The van der Waals surface area contributed by atoms with Gasteiger partial charge in [0.25, 0.3) is 23.1 Å². The van der Waals surface area contributed by atoms with Gasteiger partial charge in [-0.15, -0.1) is 0 Å². The maximum Gasteiger partial charge on any atom is 0.364 e. The van der Waals surface area contributed by atoms with Gasteiger partial charge < -0.3 is 136 Å². The van der Waals surface area contributed by atoms with Crippen LogP contribution in [0.4, 0.5) is 0 Å². The molecule has 4 saturated heterocycles. The summed E-state index contributed by atoms with van der Waals surface area (Å²) < 4.78 is 44.2. The Morgan fingerprint density at radius 2 is 0.664 bits per heavy atom. The van der Waals surface area contributed by atoms with Crippen LogP contribution in [0, 0.1) is 35.5 Å². The molecular formula is C76H135N3O34. The molecule has 4 heterocycles. The van der Waals surface area contributed by atoms with Crippen LogP contribution in [0.2, 0.25) is 0 Å². The van der Waals surface area contributed by atoms with Gasteiger partial charge in [-0.2, -0.15) is 0 Å². The lowest BCUT2D eigenvalue weighted by Crippen LogP contribution is -2.68. The van der Waals surface area contributed by atoms with Gasteiger partial charge in [-0.05, 0) is 81.1 Å². The number of nitrogens with one attached hydrogen (secondary N) is 3. The standard InChI is InChI=1S/C20H36N2O9.2C19H34O9.C18H31NO7/c1-6-7-11(4)18(27)21-9-14(25)16(26)17-15(22-12(5)23)13(24)8-20(31-17,19(28)29)30-10(2)3;2*1-5-6-11(4)13(21)7-12-14(22)8-19(18(25)26,27-10(2)3)28-17(12)16(24)15(23)9-20;1-6-7-11(4)13(21)8-15-16(19-12(5)20)14(22)9-18(26-15,17(23)24)25-10(2)3/h10-11,13-17,24-26H,6-9H2,1-5H3,(H,21,27)(H,22,23)(H,28,29);2*10-12,14-17,20,22-24H,5-9H2,1-4H3,(H,25,26);10-11,14-16,22H,6-9H2,1-5H3,(H,19,20)(H,23,24). The van der Waals surface area contributed by atoms with E-state index >= 15 is 0 Å². The van der Waals surface area contributed by atoms with Crippen LogP contribution in [0.1, 0.15) is 221 Å². The van der Waals surface area contributed by atoms with Gasteiger partial charge in [-0.25, -0.2) is 19.2 Å². The average Bonchev–Trinajstić information content (AvgIpc) is 0.787. The number of amides is 3. The van der Waals surface area contributed by atoms with E-state index in [9.17, 15) is 130 Å². The second-order valence-corrected chi connectivity index (χ2v) is 31.2. The Kier molecular flexibility index (Phi) is 45.8. The van der Waals surface area contributed by atoms with Gasteiger partial charge in [-0.3, -0.25) is 28.8 Å². The fourth-order valence-corrected chi connectivity index (χ4v) is 14.0. The molecule has 658 valence electrons. The molecule has 0 spiro atoms. The minimum Gasteiger partial charge on any atom is -0.477 e. The molecule has 0 radical (unpaired) electrons. The second kappa shape index (κ2) is 49.0. The number of carbonyl (C=O) groups excluding carboxylic acids is 6. The van der Waals surface area contributed by atoms with Crippen LogP contribution in [0.15, 0.2) is 0 Å². The molecule has 37 heteroatoms. The number of rotatable bonds is 42. The van der Waals surface area contributed by atoms with Crippen LogP contribution < -0.4 is 16.0 Å². The van der Waals surface area contributed by atoms with Gasteiger partial charge in [0.05, 0.1) is 98.5 Å².